The van der Waals surface area contributed by atoms with Crippen molar-refractivity contribution in [3.63, 3.8) is 0 Å². The summed E-state index contributed by atoms with van der Waals surface area (Å²) in [5, 5.41) is 8.64. The third-order valence-corrected chi connectivity index (χ3v) is 4.74. The molecule has 0 aromatic carbocycles. The van der Waals surface area contributed by atoms with Gasteiger partial charge in [0.1, 0.15) is 6.04 Å². The lowest BCUT2D eigenvalue weighted by molar-refractivity contribution is -0.132. The number of carbonyl (C=O) groups excluding carboxylic acids is 3. The lowest BCUT2D eigenvalue weighted by Crippen LogP contribution is -2.49. The molecule has 0 fully saturated rings. The van der Waals surface area contributed by atoms with Gasteiger partial charge in [0, 0.05) is 25.4 Å². The van der Waals surface area contributed by atoms with E-state index in [0.717, 1.165) is 51.4 Å². The summed E-state index contributed by atoms with van der Waals surface area (Å²) >= 11 is 0. The van der Waals surface area contributed by atoms with Crippen molar-refractivity contribution in [3.8, 4) is 0 Å². The molecule has 0 aromatic rings. The van der Waals surface area contributed by atoms with Crippen molar-refractivity contribution in [2.75, 3.05) is 13.1 Å². The van der Waals surface area contributed by atoms with Gasteiger partial charge in [0.2, 0.25) is 17.7 Å². The topological polar surface area (TPSA) is 87.3 Å². The summed E-state index contributed by atoms with van der Waals surface area (Å²) in [6.45, 7) is 9.48. The van der Waals surface area contributed by atoms with Crippen LogP contribution in [-0.4, -0.2) is 36.9 Å². The van der Waals surface area contributed by atoms with E-state index in [0.29, 0.717) is 19.5 Å². The van der Waals surface area contributed by atoms with Crippen molar-refractivity contribution in [1.29, 1.82) is 0 Å². The highest BCUT2D eigenvalue weighted by Gasteiger charge is 2.24. The number of nitrogens with one attached hydrogen (secondary N) is 3. The van der Waals surface area contributed by atoms with Crippen LogP contribution in [0.1, 0.15) is 91.9 Å². The van der Waals surface area contributed by atoms with Crippen LogP contribution in [0, 0.1) is 5.92 Å². The molecule has 0 aromatic heterocycles. The van der Waals surface area contributed by atoms with E-state index < -0.39 is 6.04 Å². The minimum absolute atomic E-state index is 0.0675. The molecule has 0 radical (unpaired) electrons. The predicted molar refractivity (Wildman–Crippen MR) is 110 cm³/mol. The van der Waals surface area contributed by atoms with Crippen LogP contribution in [0.25, 0.3) is 0 Å². The monoisotopic (exact) mass is 383 g/mol. The molecule has 0 saturated heterocycles. The highest BCUT2D eigenvalue weighted by atomic mass is 16.2. The molecule has 3 amide bonds. The fourth-order valence-electron chi connectivity index (χ4n) is 2.81. The standard InChI is InChI=1S/C21H41N3O3/c1-5-9-12-17(8-4)20(26)24-18(21(27)23-16-11-7-3)13-14-19(25)22-15-10-6-2/h17-18H,5-16H2,1-4H3,(H,22,25)(H,23,27)(H,24,26). The van der Waals surface area contributed by atoms with E-state index in [1.165, 1.54) is 0 Å². The summed E-state index contributed by atoms with van der Waals surface area (Å²) in [4.78, 5) is 37.0. The molecular formula is C21H41N3O3. The summed E-state index contributed by atoms with van der Waals surface area (Å²) in [5.74, 6) is -0.409. The molecular weight excluding hydrogens is 342 g/mol. The van der Waals surface area contributed by atoms with Gasteiger partial charge in [-0.05, 0) is 32.1 Å². The number of hydrogen-bond acceptors (Lipinski definition) is 3. The first-order valence-electron chi connectivity index (χ1n) is 10.8. The summed E-state index contributed by atoms with van der Waals surface area (Å²) < 4.78 is 0. The largest absolute Gasteiger partial charge is 0.356 e. The first-order valence-corrected chi connectivity index (χ1v) is 10.8. The Morgan fingerprint density at radius 1 is 0.741 bits per heavy atom. The van der Waals surface area contributed by atoms with Crippen molar-refractivity contribution >= 4 is 17.7 Å². The maximum absolute atomic E-state index is 12.6. The zero-order valence-electron chi connectivity index (χ0n) is 17.9. The van der Waals surface area contributed by atoms with Gasteiger partial charge in [0.25, 0.3) is 0 Å². The van der Waals surface area contributed by atoms with Crippen molar-refractivity contribution < 1.29 is 14.4 Å². The fraction of sp³-hybridized carbons (Fsp3) is 0.857. The molecule has 6 nitrogen and oxygen atoms in total. The first kappa shape index (κ1) is 25.4. The number of amides is 3. The van der Waals surface area contributed by atoms with Crippen LogP contribution >= 0.6 is 0 Å². The second kappa shape index (κ2) is 16.6. The van der Waals surface area contributed by atoms with Crippen LogP contribution in [0.3, 0.4) is 0 Å². The van der Waals surface area contributed by atoms with Gasteiger partial charge >= 0.3 is 0 Å². The van der Waals surface area contributed by atoms with E-state index >= 15 is 0 Å². The van der Waals surface area contributed by atoms with Crippen LogP contribution in [-0.2, 0) is 14.4 Å². The van der Waals surface area contributed by atoms with Gasteiger partial charge in [-0.15, -0.1) is 0 Å². The molecule has 158 valence electrons. The molecule has 2 unspecified atom stereocenters. The van der Waals surface area contributed by atoms with Gasteiger partial charge in [0.05, 0.1) is 0 Å². The van der Waals surface area contributed by atoms with Gasteiger partial charge in [-0.1, -0.05) is 53.4 Å². The Labute approximate surface area is 165 Å². The molecule has 0 rings (SSSR count). The molecule has 2 atom stereocenters. The van der Waals surface area contributed by atoms with Crippen LogP contribution in [0.15, 0.2) is 0 Å². The molecule has 0 aliphatic heterocycles. The number of hydrogen-bond donors (Lipinski definition) is 3. The maximum Gasteiger partial charge on any atom is 0.242 e. The Morgan fingerprint density at radius 2 is 1.33 bits per heavy atom. The first-order chi connectivity index (χ1) is 13.0. The average molecular weight is 384 g/mol. The zero-order valence-corrected chi connectivity index (χ0v) is 17.9. The number of carbonyl (C=O) groups is 3. The lowest BCUT2D eigenvalue weighted by atomic mass is 9.97. The third kappa shape index (κ3) is 12.4. The van der Waals surface area contributed by atoms with Crippen LogP contribution in [0.5, 0.6) is 0 Å². The Balaban J connectivity index is 4.73. The molecule has 0 spiro atoms. The highest BCUT2D eigenvalue weighted by molar-refractivity contribution is 5.89. The SMILES string of the molecule is CCCCNC(=O)CCC(NC(=O)C(CC)CCCC)C(=O)NCCCC. The number of unbranched alkanes of at least 4 members (excludes halogenated alkanes) is 3. The van der Waals surface area contributed by atoms with E-state index in [9.17, 15) is 14.4 Å². The second-order valence-corrected chi connectivity index (χ2v) is 7.20. The molecule has 0 saturated carbocycles. The van der Waals surface area contributed by atoms with Gasteiger partial charge < -0.3 is 16.0 Å². The van der Waals surface area contributed by atoms with Crippen LogP contribution < -0.4 is 16.0 Å². The van der Waals surface area contributed by atoms with E-state index in [4.69, 9.17) is 0 Å². The van der Waals surface area contributed by atoms with E-state index in [1.807, 2.05) is 6.92 Å². The van der Waals surface area contributed by atoms with Crippen molar-refractivity contribution in [2.45, 2.75) is 97.9 Å². The Hall–Kier alpha value is -1.59. The van der Waals surface area contributed by atoms with Gasteiger partial charge in [0.15, 0.2) is 0 Å². The van der Waals surface area contributed by atoms with Gasteiger partial charge in [-0.3, -0.25) is 14.4 Å². The van der Waals surface area contributed by atoms with Crippen LogP contribution in [0.2, 0.25) is 0 Å². The molecule has 0 aliphatic carbocycles. The molecule has 0 heterocycles. The molecule has 6 heteroatoms. The minimum atomic E-state index is -0.651. The maximum atomic E-state index is 12.6. The Bertz CT molecular complexity index is 427. The third-order valence-electron chi connectivity index (χ3n) is 4.74. The number of rotatable bonds is 16. The van der Waals surface area contributed by atoms with Gasteiger partial charge in [-0.25, -0.2) is 0 Å². The summed E-state index contributed by atoms with van der Waals surface area (Å²) in [7, 11) is 0. The van der Waals surface area contributed by atoms with Crippen molar-refractivity contribution in [3.05, 3.63) is 0 Å². The highest BCUT2D eigenvalue weighted by Crippen LogP contribution is 2.13. The average Bonchev–Trinajstić information content (AvgIpc) is 2.65. The molecule has 0 bridgehead atoms. The minimum Gasteiger partial charge on any atom is -0.356 e. The predicted octanol–water partition coefficient (Wildman–Crippen LogP) is 3.30. The normalized spacial score (nSPS) is 12.9. The Kier molecular flexibility index (Phi) is 15.6. The second-order valence-electron chi connectivity index (χ2n) is 7.20. The van der Waals surface area contributed by atoms with Crippen LogP contribution in [0.4, 0.5) is 0 Å². The van der Waals surface area contributed by atoms with Crippen molar-refractivity contribution in [2.24, 2.45) is 5.92 Å². The molecule has 27 heavy (non-hydrogen) atoms. The van der Waals surface area contributed by atoms with E-state index in [1.54, 1.807) is 0 Å². The quantitative estimate of drug-likeness (QED) is 0.357. The molecule has 3 N–H and O–H groups in total. The van der Waals surface area contributed by atoms with E-state index in [-0.39, 0.29) is 30.1 Å². The fourth-order valence-corrected chi connectivity index (χ4v) is 2.81. The Morgan fingerprint density at radius 3 is 1.89 bits per heavy atom. The molecule has 0 aliphatic rings. The van der Waals surface area contributed by atoms with E-state index in [2.05, 4.69) is 36.7 Å². The lowest BCUT2D eigenvalue weighted by Gasteiger charge is -2.22. The van der Waals surface area contributed by atoms with Gasteiger partial charge in [-0.2, -0.15) is 0 Å². The zero-order chi connectivity index (χ0) is 20.5. The smallest absolute Gasteiger partial charge is 0.242 e. The summed E-state index contributed by atoms with van der Waals surface area (Å²) in [5.41, 5.74) is 0. The summed E-state index contributed by atoms with van der Waals surface area (Å²) in [6, 6.07) is -0.651. The summed E-state index contributed by atoms with van der Waals surface area (Å²) in [6.07, 6.45) is 8.06. The van der Waals surface area contributed by atoms with Crippen molar-refractivity contribution in [1.82, 2.24) is 16.0 Å².